The molecule has 0 N–H and O–H groups in total. The number of nitrogens with zero attached hydrogens (tertiary/aromatic N) is 3. The lowest BCUT2D eigenvalue weighted by Gasteiger charge is -2.10. The monoisotopic (exact) mass is 349 g/mol. The summed E-state index contributed by atoms with van der Waals surface area (Å²) in [6, 6.07) is 8.15. The maximum atomic E-state index is 6.04. The van der Waals surface area contributed by atoms with Gasteiger partial charge in [-0.15, -0.1) is 11.6 Å². The quantitative estimate of drug-likeness (QED) is 0.660. The Balaban J connectivity index is 2.12. The lowest BCUT2D eigenvalue weighted by Crippen LogP contribution is -2.05. The third-order valence-electron chi connectivity index (χ3n) is 3.37. The van der Waals surface area contributed by atoms with E-state index in [9.17, 15) is 0 Å². The van der Waals surface area contributed by atoms with E-state index in [0.29, 0.717) is 5.88 Å². The van der Waals surface area contributed by atoms with E-state index in [4.69, 9.17) is 11.6 Å². The molecule has 0 saturated heterocycles. The Morgan fingerprint density at radius 3 is 2.90 bits per heavy atom. The second kappa shape index (κ2) is 5.54. The smallest absolute Gasteiger partial charge is 0.125 e. The van der Waals surface area contributed by atoms with Crippen LogP contribution in [0.1, 0.15) is 17.0 Å². The van der Waals surface area contributed by atoms with Gasteiger partial charge in [0.25, 0.3) is 0 Å². The number of aryl methyl sites for hydroxylation is 1. The Labute approximate surface area is 130 Å². The second-order valence-electron chi connectivity index (χ2n) is 4.68. The minimum atomic E-state index is 0.399. The maximum Gasteiger partial charge on any atom is 0.125 e. The standard InChI is InChI=1S/C15H13BrClN3/c1-10-8-18-5-4-11(10)9-20-14-3-2-12(16)6-13(14)19-15(20)7-17/h2-6,8H,7,9H2,1H3. The minimum Gasteiger partial charge on any atom is -0.322 e. The Kier molecular flexibility index (Phi) is 3.76. The Hall–Kier alpha value is -1.39. The number of benzene rings is 1. The highest BCUT2D eigenvalue weighted by atomic mass is 79.9. The van der Waals surface area contributed by atoms with Gasteiger partial charge < -0.3 is 4.57 Å². The first-order valence-electron chi connectivity index (χ1n) is 6.29. The summed E-state index contributed by atoms with van der Waals surface area (Å²) in [6.45, 7) is 2.83. The summed E-state index contributed by atoms with van der Waals surface area (Å²) >= 11 is 9.52. The predicted octanol–water partition coefficient (Wildman–Crippen LogP) is 4.29. The SMILES string of the molecule is Cc1cnccc1Cn1c(CCl)nc2cc(Br)ccc21. The highest BCUT2D eigenvalue weighted by Gasteiger charge is 2.11. The molecule has 0 spiro atoms. The van der Waals surface area contributed by atoms with Crippen LogP contribution in [0.25, 0.3) is 11.0 Å². The maximum absolute atomic E-state index is 6.04. The van der Waals surface area contributed by atoms with Crippen LogP contribution >= 0.6 is 27.5 Å². The van der Waals surface area contributed by atoms with Crippen molar-refractivity contribution in [1.29, 1.82) is 0 Å². The normalized spacial score (nSPS) is 11.2. The first-order valence-corrected chi connectivity index (χ1v) is 7.62. The summed E-state index contributed by atoms with van der Waals surface area (Å²) < 4.78 is 3.19. The molecule has 1 aromatic carbocycles. The van der Waals surface area contributed by atoms with Crippen LogP contribution in [-0.2, 0) is 12.4 Å². The lowest BCUT2D eigenvalue weighted by atomic mass is 10.1. The van der Waals surface area contributed by atoms with E-state index >= 15 is 0 Å². The fourth-order valence-electron chi connectivity index (χ4n) is 2.28. The topological polar surface area (TPSA) is 30.7 Å². The zero-order valence-electron chi connectivity index (χ0n) is 11.0. The molecule has 3 rings (SSSR count). The third kappa shape index (κ3) is 2.45. The molecular weight excluding hydrogens is 338 g/mol. The van der Waals surface area contributed by atoms with Gasteiger partial charge in [-0.3, -0.25) is 4.98 Å². The molecule has 0 fully saturated rings. The largest absolute Gasteiger partial charge is 0.322 e. The van der Waals surface area contributed by atoms with Gasteiger partial charge in [-0.05, 0) is 42.3 Å². The number of pyridine rings is 1. The molecule has 0 radical (unpaired) electrons. The predicted molar refractivity (Wildman–Crippen MR) is 85.1 cm³/mol. The first kappa shape index (κ1) is 13.6. The number of hydrogen-bond acceptors (Lipinski definition) is 2. The average molecular weight is 351 g/mol. The van der Waals surface area contributed by atoms with Gasteiger partial charge in [-0.1, -0.05) is 15.9 Å². The summed E-state index contributed by atoms with van der Waals surface area (Å²) in [5.74, 6) is 1.28. The average Bonchev–Trinajstić information content (AvgIpc) is 2.78. The van der Waals surface area contributed by atoms with Crippen molar-refractivity contribution in [1.82, 2.24) is 14.5 Å². The number of hydrogen-bond donors (Lipinski definition) is 0. The zero-order valence-corrected chi connectivity index (χ0v) is 13.3. The molecule has 20 heavy (non-hydrogen) atoms. The van der Waals surface area contributed by atoms with Crippen LogP contribution in [0.2, 0.25) is 0 Å². The van der Waals surface area contributed by atoms with Crippen molar-refractivity contribution in [2.24, 2.45) is 0 Å². The van der Waals surface area contributed by atoms with Crippen molar-refractivity contribution >= 4 is 38.6 Å². The fraction of sp³-hybridized carbons (Fsp3) is 0.200. The van der Waals surface area contributed by atoms with E-state index in [0.717, 1.165) is 27.9 Å². The molecule has 3 nitrogen and oxygen atoms in total. The van der Waals surface area contributed by atoms with Gasteiger partial charge in [-0.2, -0.15) is 0 Å². The molecule has 2 aromatic heterocycles. The molecule has 0 unspecified atom stereocenters. The molecule has 2 heterocycles. The van der Waals surface area contributed by atoms with E-state index in [1.54, 1.807) is 0 Å². The van der Waals surface area contributed by atoms with Crippen LogP contribution in [0.5, 0.6) is 0 Å². The van der Waals surface area contributed by atoms with Gasteiger partial charge >= 0.3 is 0 Å². The molecule has 3 aromatic rings. The molecule has 0 bridgehead atoms. The van der Waals surface area contributed by atoms with E-state index in [1.165, 1.54) is 11.1 Å². The first-order chi connectivity index (χ1) is 9.69. The van der Waals surface area contributed by atoms with Crippen molar-refractivity contribution < 1.29 is 0 Å². The van der Waals surface area contributed by atoms with Crippen LogP contribution in [0.4, 0.5) is 0 Å². The second-order valence-corrected chi connectivity index (χ2v) is 5.87. The fourth-order valence-corrected chi connectivity index (χ4v) is 2.83. The van der Waals surface area contributed by atoms with Gasteiger partial charge in [0.2, 0.25) is 0 Å². The van der Waals surface area contributed by atoms with Crippen LogP contribution in [0.3, 0.4) is 0 Å². The van der Waals surface area contributed by atoms with Gasteiger partial charge in [-0.25, -0.2) is 4.98 Å². The number of rotatable bonds is 3. The van der Waals surface area contributed by atoms with Crippen LogP contribution in [0, 0.1) is 6.92 Å². The zero-order chi connectivity index (χ0) is 14.1. The molecular formula is C15H13BrClN3. The highest BCUT2D eigenvalue weighted by Crippen LogP contribution is 2.23. The number of halogens is 2. The van der Waals surface area contributed by atoms with Crippen molar-refractivity contribution in [2.75, 3.05) is 0 Å². The Morgan fingerprint density at radius 2 is 2.15 bits per heavy atom. The lowest BCUT2D eigenvalue weighted by molar-refractivity contribution is 0.772. The molecule has 0 aliphatic rings. The molecule has 0 saturated carbocycles. The van der Waals surface area contributed by atoms with Gasteiger partial charge in [0, 0.05) is 23.4 Å². The summed E-state index contributed by atoms with van der Waals surface area (Å²) in [6.07, 6.45) is 3.70. The van der Waals surface area contributed by atoms with Gasteiger partial charge in [0.05, 0.1) is 16.9 Å². The summed E-state index contributed by atoms with van der Waals surface area (Å²) in [4.78, 5) is 8.74. The van der Waals surface area contributed by atoms with Crippen molar-refractivity contribution in [2.45, 2.75) is 19.3 Å². The van der Waals surface area contributed by atoms with Crippen molar-refractivity contribution in [3.8, 4) is 0 Å². The molecule has 102 valence electrons. The number of imidazole rings is 1. The molecule has 5 heteroatoms. The van der Waals surface area contributed by atoms with Crippen LogP contribution < -0.4 is 0 Å². The van der Waals surface area contributed by atoms with Crippen molar-refractivity contribution in [3.05, 3.63) is 58.1 Å². The summed E-state index contributed by atoms with van der Waals surface area (Å²) in [7, 11) is 0. The Bertz CT molecular complexity index is 767. The van der Waals surface area contributed by atoms with E-state index in [1.807, 2.05) is 30.6 Å². The number of alkyl halides is 1. The number of aromatic nitrogens is 3. The molecule has 0 aliphatic heterocycles. The van der Waals surface area contributed by atoms with Crippen LogP contribution in [0.15, 0.2) is 41.1 Å². The minimum absolute atomic E-state index is 0.399. The van der Waals surface area contributed by atoms with E-state index < -0.39 is 0 Å². The Morgan fingerprint density at radius 1 is 1.30 bits per heavy atom. The molecule has 0 aliphatic carbocycles. The number of fused-ring (bicyclic) bond motifs is 1. The molecule has 0 atom stereocenters. The van der Waals surface area contributed by atoms with E-state index in [-0.39, 0.29) is 0 Å². The van der Waals surface area contributed by atoms with Crippen LogP contribution in [-0.4, -0.2) is 14.5 Å². The van der Waals surface area contributed by atoms with E-state index in [2.05, 4.69) is 43.5 Å². The highest BCUT2D eigenvalue weighted by molar-refractivity contribution is 9.10. The molecule has 0 amide bonds. The summed E-state index contributed by atoms with van der Waals surface area (Å²) in [5, 5.41) is 0. The van der Waals surface area contributed by atoms with Crippen molar-refractivity contribution in [3.63, 3.8) is 0 Å². The summed E-state index contributed by atoms with van der Waals surface area (Å²) in [5.41, 5.74) is 4.46. The van der Waals surface area contributed by atoms with Gasteiger partial charge in [0.1, 0.15) is 5.82 Å². The van der Waals surface area contributed by atoms with Gasteiger partial charge in [0.15, 0.2) is 0 Å². The third-order valence-corrected chi connectivity index (χ3v) is 4.11.